The number of piperidine rings is 1. The second kappa shape index (κ2) is 5.92. The van der Waals surface area contributed by atoms with E-state index in [0.29, 0.717) is 5.41 Å². The molecule has 2 atom stereocenters. The van der Waals surface area contributed by atoms with Crippen molar-refractivity contribution in [2.24, 2.45) is 11.3 Å². The van der Waals surface area contributed by atoms with Gasteiger partial charge in [-0.15, -0.1) is 0 Å². The molecule has 1 aliphatic carbocycles. The van der Waals surface area contributed by atoms with Gasteiger partial charge in [0, 0.05) is 12.1 Å². The highest BCUT2D eigenvalue weighted by Gasteiger charge is 2.34. The minimum Gasteiger partial charge on any atom is -0.315 e. The van der Waals surface area contributed by atoms with Gasteiger partial charge in [-0.2, -0.15) is 0 Å². The molecule has 1 N–H and O–H groups in total. The standard InChI is InChI=1S/C16H32N2/c1-16(2,3)13-9-11-18(12-10-13)15-8-6-5-7-14(15)17-4/h13-15,17H,5-12H2,1-4H3. The van der Waals surface area contributed by atoms with E-state index in [1.165, 1.54) is 51.6 Å². The fraction of sp³-hybridized carbons (Fsp3) is 1.00. The number of hydrogen-bond acceptors (Lipinski definition) is 2. The molecule has 0 aromatic carbocycles. The number of rotatable bonds is 2. The van der Waals surface area contributed by atoms with E-state index in [9.17, 15) is 0 Å². The van der Waals surface area contributed by atoms with Crippen LogP contribution >= 0.6 is 0 Å². The molecule has 2 rings (SSSR count). The van der Waals surface area contributed by atoms with Crippen LogP contribution in [0.3, 0.4) is 0 Å². The third kappa shape index (κ3) is 3.27. The Bertz CT molecular complexity index is 248. The summed E-state index contributed by atoms with van der Waals surface area (Å²) in [6.45, 7) is 9.87. The van der Waals surface area contributed by atoms with Crippen LogP contribution in [-0.2, 0) is 0 Å². The van der Waals surface area contributed by atoms with Gasteiger partial charge in [-0.25, -0.2) is 0 Å². The molecule has 2 heteroatoms. The Kier molecular flexibility index (Phi) is 4.71. The first-order valence-electron chi connectivity index (χ1n) is 7.93. The van der Waals surface area contributed by atoms with Gasteiger partial charge in [0.05, 0.1) is 0 Å². The molecule has 2 fully saturated rings. The summed E-state index contributed by atoms with van der Waals surface area (Å²) in [4.78, 5) is 2.78. The average Bonchev–Trinajstić information content (AvgIpc) is 2.38. The van der Waals surface area contributed by atoms with Crippen molar-refractivity contribution in [1.82, 2.24) is 10.2 Å². The molecule has 0 amide bonds. The molecular formula is C16H32N2. The summed E-state index contributed by atoms with van der Waals surface area (Å²) in [5.41, 5.74) is 0.501. The normalized spacial score (nSPS) is 32.7. The van der Waals surface area contributed by atoms with Crippen LogP contribution in [0.15, 0.2) is 0 Å². The summed E-state index contributed by atoms with van der Waals surface area (Å²) in [6.07, 6.45) is 8.43. The molecule has 0 radical (unpaired) electrons. The summed E-state index contributed by atoms with van der Waals surface area (Å²) < 4.78 is 0. The van der Waals surface area contributed by atoms with Crippen LogP contribution in [-0.4, -0.2) is 37.1 Å². The quantitative estimate of drug-likeness (QED) is 0.811. The van der Waals surface area contributed by atoms with Crippen molar-refractivity contribution in [2.75, 3.05) is 20.1 Å². The van der Waals surface area contributed by atoms with E-state index >= 15 is 0 Å². The largest absolute Gasteiger partial charge is 0.315 e. The molecule has 0 aromatic rings. The Morgan fingerprint density at radius 3 is 2.11 bits per heavy atom. The van der Waals surface area contributed by atoms with Crippen LogP contribution in [0.4, 0.5) is 0 Å². The maximum absolute atomic E-state index is 3.55. The molecule has 0 spiro atoms. The fourth-order valence-electron chi connectivity index (χ4n) is 3.98. The highest BCUT2D eigenvalue weighted by atomic mass is 15.2. The van der Waals surface area contributed by atoms with Crippen molar-refractivity contribution in [3.63, 3.8) is 0 Å². The van der Waals surface area contributed by atoms with E-state index in [1.807, 2.05) is 0 Å². The Morgan fingerprint density at radius 1 is 0.944 bits per heavy atom. The topological polar surface area (TPSA) is 15.3 Å². The van der Waals surface area contributed by atoms with E-state index in [2.05, 4.69) is 38.0 Å². The maximum Gasteiger partial charge on any atom is 0.0249 e. The maximum atomic E-state index is 3.55. The lowest BCUT2D eigenvalue weighted by Crippen LogP contribution is -2.53. The van der Waals surface area contributed by atoms with Gasteiger partial charge in [0.25, 0.3) is 0 Å². The first-order valence-corrected chi connectivity index (χ1v) is 7.93. The number of hydrogen-bond donors (Lipinski definition) is 1. The molecular weight excluding hydrogens is 220 g/mol. The van der Waals surface area contributed by atoms with Gasteiger partial charge in [-0.05, 0) is 57.2 Å². The predicted octanol–water partition coefficient (Wildman–Crippen LogP) is 3.28. The lowest BCUT2D eigenvalue weighted by Gasteiger charge is -2.45. The van der Waals surface area contributed by atoms with Crippen molar-refractivity contribution in [1.29, 1.82) is 0 Å². The minimum absolute atomic E-state index is 0.501. The van der Waals surface area contributed by atoms with Gasteiger partial charge < -0.3 is 5.32 Å². The van der Waals surface area contributed by atoms with Gasteiger partial charge in [0.15, 0.2) is 0 Å². The monoisotopic (exact) mass is 252 g/mol. The van der Waals surface area contributed by atoms with Gasteiger partial charge in [-0.1, -0.05) is 33.6 Å². The van der Waals surface area contributed by atoms with Crippen LogP contribution < -0.4 is 5.32 Å². The molecule has 1 aliphatic heterocycles. The van der Waals surface area contributed by atoms with Crippen LogP contribution in [0.25, 0.3) is 0 Å². The SMILES string of the molecule is CNC1CCCCC1N1CCC(C(C)(C)C)CC1. The summed E-state index contributed by atoms with van der Waals surface area (Å²) in [5, 5.41) is 3.55. The van der Waals surface area contributed by atoms with Crippen molar-refractivity contribution in [2.45, 2.75) is 71.4 Å². The zero-order chi connectivity index (χ0) is 13.2. The molecule has 1 saturated carbocycles. The summed E-state index contributed by atoms with van der Waals surface area (Å²) in [6, 6.07) is 1.55. The van der Waals surface area contributed by atoms with Crippen LogP contribution in [0.1, 0.15) is 59.3 Å². The zero-order valence-corrected chi connectivity index (χ0v) is 12.8. The Labute approximate surface area is 114 Å². The summed E-state index contributed by atoms with van der Waals surface area (Å²) in [7, 11) is 2.14. The number of likely N-dealkylation sites (N-methyl/N-ethyl adjacent to an activating group) is 1. The Balaban J connectivity index is 1.88. The van der Waals surface area contributed by atoms with Crippen LogP contribution in [0.5, 0.6) is 0 Å². The van der Waals surface area contributed by atoms with Gasteiger partial charge in [0.1, 0.15) is 0 Å². The second-order valence-corrected chi connectivity index (χ2v) is 7.42. The van der Waals surface area contributed by atoms with E-state index < -0.39 is 0 Å². The molecule has 0 bridgehead atoms. The van der Waals surface area contributed by atoms with Crippen molar-refractivity contribution < 1.29 is 0 Å². The van der Waals surface area contributed by atoms with Crippen LogP contribution in [0.2, 0.25) is 0 Å². The van der Waals surface area contributed by atoms with Crippen molar-refractivity contribution in [3.8, 4) is 0 Å². The minimum atomic E-state index is 0.501. The van der Waals surface area contributed by atoms with Crippen molar-refractivity contribution >= 4 is 0 Å². The highest BCUT2D eigenvalue weighted by molar-refractivity contribution is 4.90. The predicted molar refractivity (Wildman–Crippen MR) is 78.9 cm³/mol. The molecule has 1 heterocycles. The molecule has 1 saturated heterocycles. The van der Waals surface area contributed by atoms with Gasteiger partial charge >= 0.3 is 0 Å². The molecule has 2 unspecified atom stereocenters. The number of nitrogens with one attached hydrogen (secondary N) is 1. The number of nitrogens with zero attached hydrogens (tertiary/aromatic N) is 1. The third-order valence-electron chi connectivity index (χ3n) is 5.32. The molecule has 18 heavy (non-hydrogen) atoms. The first kappa shape index (κ1) is 14.3. The smallest absolute Gasteiger partial charge is 0.0249 e. The molecule has 2 nitrogen and oxygen atoms in total. The molecule has 0 aromatic heterocycles. The Morgan fingerprint density at radius 2 is 1.56 bits per heavy atom. The number of likely N-dealkylation sites (tertiary alicyclic amines) is 1. The summed E-state index contributed by atoms with van der Waals surface area (Å²) >= 11 is 0. The fourth-order valence-corrected chi connectivity index (χ4v) is 3.98. The van der Waals surface area contributed by atoms with E-state index in [0.717, 1.165) is 18.0 Å². The third-order valence-corrected chi connectivity index (χ3v) is 5.32. The van der Waals surface area contributed by atoms with Crippen LogP contribution in [0, 0.1) is 11.3 Å². The van der Waals surface area contributed by atoms with E-state index in [4.69, 9.17) is 0 Å². The lowest BCUT2D eigenvalue weighted by molar-refractivity contribution is 0.0548. The second-order valence-electron chi connectivity index (χ2n) is 7.42. The van der Waals surface area contributed by atoms with Crippen molar-refractivity contribution in [3.05, 3.63) is 0 Å². The summed E-state index contributed by atoms with van der Waals surface area (Å²) in [5.74, 6) is 0.922. The van der Waals surface area contributed by atoms with E-state index in [-0.39, 0.29) is 0 Å². The first-order chi connectivity index (χ1) is 8.52. The lowest BCUT2D eigenvalue weighted by atomic mass is 9.74. The van der Waals surface area contributed by atoms with Gasteiger partial charge in [-0.3, -0.25) is 4.90 Å². The Hall–Kier alpha value is -0.0800. The van der Waals surface area contributed by atoms with Gasteiger partial charge in [0.2, 0.25) is 0 Å². The molecule has 2 aliphatic rings. The average molecular weight is 252 g/mol. The van der Waals surface area contributed by atoms with E-state index in [1.54, 1.807) is 0 Å². The molecule has 106 valence electrons. The highest BCUT2D eigenvalue weighted by Crippen LogP contribution is 2.36. The zero-order valence-electron chi connectivity index (χ0n) is 12.8.